The third-order valence-corrected chi connectivity index (χ3v) is 9.78. The Morgan fingerprint density at radius 1 is 1.08 bits per heavy atom. The summed E-state index contributed by atoms with van der Waals surface area (Å²) < 4.78 is 0.460. The van der Waals surface area contributed by atoms with Gasteiger partial charge in [-0.25, -0.2) is 9.28 Å². The number of hydrogen-bond donors (Lipinski definition) is 3. The minimum atomic E-state index is -0.454. The van der Waals surface area contributed by atoms with E-state index < -0.39 is 6.04 Å². The second kappa shape index (κ2) is 13.5. The summed E-state index contributed by atoms with van der Waals surface area (Å²) in [6, 6.07) is 7.84. The average Bonchev–Trinajstić information content (AvgIpc) is 3.20. The van der Waals surface area contributed by atoms with Gasteiger partial charge in [-0.1, -0.05) is 43.0 Å². The first-order valence-corrected chi connectivity index (χ1v) is 15.4. The van der Waals surface area contributed by atoms with E-state index in [1.165, 1.54) is 25.5 Å². The van der Waals surface area contributed by atoms with Crippen LogP contribution in [-0.4, -0.2) is 82.1 Å². The monoisotopic (exact) mass is 560 g/mol. The van der Waals surface area contributed by atoms with Gasteiger partial charge in [0.2, 0.25) is 5.91 Å². The van der Waals surface area contributed by atoms with Crippen LogP contribution in [0.3, 0.4) is 0 Å². The molecule has 3 N–H and O–H groups in total. The zero-order valence-corrected chi connectivity index (χ0v) is 24.6. The van der Waals surface area contributed by atoms with Crippen molar-refractivity contribution in [2.45, 2.75) is 121 Å². The van der Waals surface area contributed by atoms with Crippen molar-refractivity contribution in [1.82, 2.24) is 15.5 Å². The first-order valence-electron chi connectivity index (χ1n) is 15.0. The smallest absolute Gasteiger partial charge is 0.411 e. The van der Waals surface area contributed by atoms with Crippen LogP contribution in [0.2, 0.25) is 5.02 Å². The Morgan fingerprint density at radius 2 is 1.69 bits per heavy atom. The molecule has 4 atom stereocenters. The number of fused-ring (bicyclic) bond motifs is 2. The van der Waals surface area contributed by atoms with Gasteiger partial charge < -0.3 is 15.4 Å². The van der Waals surface area contributed by atoms with Gasteiger partial charge in [0.15, 0.2) is 0 Å². The molecule has 216 valence electrons. The highest BCUT2D eigenvalue weighted by molar-refractivity contribution is 6.30. The molecular formula is C30H47ClN5O3+. The maximum atomic E-state index is 14.1. The van der Waals surface area contributed by atoms with Crippen LogP contribution in [0.4, 0.5) is 4.79 Å². The number of benzene rings is 1. The van der Waals surface area contributed by atoms with Crippen molar-refractivity contribution in [3.05, 3.63) is 34.9 Å². The molecule has 3 unspecified atom stereocenters. The lowest BCUT2D eigenvalue weighted by atomic mass is 9.91. The van der Waals surface area contributed by atoms with Crippen LogP contribution in [-0.2, 0) is 11.2 Å². The summed E-state index contributed by atoms with van der Waals surface area (Å²) in [7, 11) is 0. The fraction of sp³-hybridized carbons (Fsp3) is 0.700. The average molecular weight is 561 g/mol. The van der Waals surface area contributed by atoms with Crippen LogP contribution in [0.1, 0.15) is 84.1 Å². The number of rotatable bonds is 10. The van der Waals surface area contributed by atoms with Gasteiger partial charge in [0.05, 0.1) is 25.3 Å². The van der Waals surface area contributed by atoms with E-state index in [0.29, 0.717) is 22.0 Å². The number of hydrogen-bond acceptors (Lipinski definition) is 5. The van der Waals surface area contributed by atoms with Crippen LogP contribution >= 0.6 is 11.6 Å². The Morgan fingerprint density at radius 3 is 2.26 bits per heavy atom. The quantitative estimate of drug-likeness (QED) is 0.160. The van der Waals surface area contributed by atoms with Crippen LogP contribution in [0, 0.1) is 0 Å². The van der Waals surface area contributed by atoms with E-state index >= 15 is 0 Å². The highest BCUT2D eigenvalue weighted by Crippen LogP contribution is 2.40. The zero-order valence-electron chi connectivity index (χ0n) is 23.8. The number of halogens is 1. The minimum absolute atomic E-state index is 0.0897. The van der Waals surface area contributed by atoms with Gasteiger partial charge in [0, 0.05) is 42.0 Å². The summed E-state index contributed by atoms with van der Waals surface area (Å²) in [6.45, 7) is 7.69. The number of quaternary nitrogens is 1. The molecule has 2 aliphatic heterocycles. The fourth-order valence-electron chi connectivity index (χ4n) is 7.37. The molecule has 39 heavy (non-hydrogen) atoms. The number of carbonyl (C=O) groups is 2. The Balaban J connectivity index is 1.50. The first-order chi connectivity index (χ1) is 18.8. The maximum absolute atomic E-state index is 14.1. The summed E-state index contributed by atoms with van der Waals surface area (Å²) in [5.41, 5.74) is 1.02. The van der Waals surface area contributed by atoms with E-state index in [0.717, 1.165) is 57.2 Å². The molecule has 1 aromatic rings. The molecule has 8 nitrogen and oxygen atoms in total. The van der Waals surface area contributed by atoms with Crippen molar-refractivity contribution in [1.29, 1.82) is 0 Å². The Kier molecular flexibility index (Phi) is 10.3. The number of nitrogens with one attached hydrogen (secondary N) is 2. The summed E-state index contributed by atoms with van der Waals surface area (Å²) in [6.07, 6.45) is 11.4. The van der Waals surface area contributed by atoms with Gasteiger partial charge in [0.1, 0.15) is 6.04 Å². The number of carbonyl (C=O) groups excluding carboxylic acids is 2. The van der Waals surface area contributed by atoms with Crippen molar-refractivity contribution < 1.29 is 19.3 Å². The summed E-state index contributed by atoms with van der Waals surface area (Å²) >= 11 is 6.09. The summed E-state index contributed by atoms with van der Waals surface area (Å²) in [5.74, 6) is 0.0897. The molecule has 1 saturated carbocycles. The van der Waals surface area contributed by atoms with Crippen LogP contribution in [0.15, 0.2) is 29.4 Å². The van der Waals surface area contributed by atoms with Crippen LogP contribution in [0.5, 0.6) is 0 Å². The van der Waals surface area contributed by atoms with E-state index in [1.807, 2.05) is 31.2 Å². The van der Waals surface area contributed by atoms with E-state index in [4.69, 9.17) is 16.8 Å². The van der Waals surface area contributed by atoms with E-state index in [1.54, 1.807) is 0 Å². The molecule has 2 heterocycles. The molecule has 2 saturated heterocycles. The lowest BCUT2D eigenvalue weighted by Gasteiger charge is -2.48. The molecule has 1 aliphatic carbocycles. The van der Waals surface area contributed by atoms with Crippen molar-refractivity contribution >= 4 is 29.8 Å². The molecule has 4 rings (SSSR count). The molecule has 9 heteroatoms. The SMILES string of the molecule is CC[N+](CC)(C(=O)NC1CCCCC1)C1CC2CCC(C1)N2C(=O)[C@@H](Cc1ccc(Cl)cc1)NC(C)C=NO. The Hall–Kier alpha value is -2.16. The third-order valence-electron chi connectivity index (χ3n) is 9.53. The summed E-state index contributed by atoms with van der Waals surface area (Å²) in [4.78, 5) is 30.0. The predicted octanol–water partition coefficient (Wildman–Crippen LogP) is 5.11. The van der Waals surface area contributed by atoms with Gasteiger partial charge in [0.25, 0.3) is 0 Å². The van der Waals surface area contributed by atoms with E-state index in [2.05, 4.69) is 34.5 Å². The van der Waals surface area contributed by atoms with Crippen molar-refractivity contribution in [2.24, 2.45) is 5.16 Å². The predicted molar refractivity (Wildman–Crippen MR) is 155 cm³/mol. The molecule has 0 spiro atoms. The standard InChI is InChI=1S/C30H46ClN5O3/c1-4-36(5-2,30(38)34-24-9-7-6-8-10-24)27-18-25-15-16-26(19-27)35(25)29(37)28(33-21(3)20-32-39)17-22-11-13-23(31)14-12-22/h11-14,20-21,24-28,33H,4-10,15-19H2,1-3H3,(H-,34,38,39)/p+1/t21?,25?,26?,27?,28-/m1/s1. The van der Waals surface area contributed by atoms with E-state index in [-0.39, 0.29) is 36.1 Å². The summed E-state index contributed by atoms with van der Waals surface area (Å²) in [5, 5.41) is 19.7. The van der Waals surface area contributed by atoms with Crippen molar-refractivity contribution in [3.8, 4) is 0 Å². The normalized spacial score (nSPS) is 25.5. The van der Waals surface area contributed by atoms with Gasteiger partial charge in [-0.2, -0.15) is 0 Å². The topological polar surface area (TPSA) is 94.0 Å². The van der Waals surface area contributed by atoms with Gasteiger partial charge >= 0.3 is 6.03 Å². The lowest BCUT2D eigenvalue weighted by Crippen LogP contribution is -2.68. The molecule has 1 aromatic carbocycles. The minimum Gasteiger partial charge on any atom is -0.411 e. The Bertz CT molecular complexity index is 979. The van der Waals surface area contributed by atoms with Gasteiger partial charge in [-0.05, 0) is 70.6 Å². The molecular weight excluding hydrogens is 514 g/mol. The highest BCUT2D eigenvalue weighted by atomic mass is 35.5. The maximum Gasteiger partial charge on any atom is 0.417 e. The largest absolute Gasteiger partial charge is 0.417 e. The third kappa shape index (κ3) is 6.77. The van der Waals surface area contributed by atoms with Gasteiger partial charge in [-0.3, -0.25) is 10.1 Å². The zero-order chi connectivity index (χ0) is 28.0. The lowest BCUT2D eigenvalue weighted by molar-refractivity contribution is -0.875. The van der Waals surface area contributed by atoms with Crippen LogP contribution < -0.4 is 10.6 Å². The molecule has 3 amide bonds. The van der Waals surface area contributed by atoms with Gasteiger partial charge in [-0.15, -0.1) is 5.16 Å². The van der Waals surface area contributed by atoms with Crippen molar-refractivity contribution in [3.63, 3.8) is 0 Å². The molecule has 3 fully saturated rings. The molecule has 0 aromatic heterocycles. The second-order valence-corrected chi connectivity index (χ2v) is 12.2. The fourth-order valence-corrected chi connectivity index (χ4v) is 7.49. The number of oxime groups is 1. The highest BCUT2D eigenvalue weighted by Gasteiger charge is 2.53. The number of urea groups is 1. The molecule has 3 aliphatic rings. The first kappa shape index (κ1) is 29.8. The molecule has 2 bridgehead atoms. The number of nitrogens with zero attached hydrogens (tertiary/aromatic N) is 3. The molecule has 0 radical (unpaired) electrons. The van der Waals surface area contributed by atoms with E-state index in [9.17, 15) is 9.59 Å². The number of amides is 3. The van der Waals surface area contributed by atoms with Crippen LogP contribution in [0.25, 0.3) is 0 Å². The second-order valence-electron chi connectivity index (χ2n) is 11.8. The van der Waals surface area contributed by atoms with Crippen molar-refractivity contribution in [2.75, 3.05) is 13.1 Å². The number of piperidine rings is 1. The Labute approximate surface area is 238 Å².